The number of nitrogens with one attached hydrogen (secondary N) is 1. The molecule has 0 aliphatic heterocycles. The van der Waals surface area contributed by atoms with Gasteiger partial charge in [-0.1, -0.05) is 41.6 Å². The van der Waals surface area contributed by atoms with Crippen molar-refractivity contribution in [2.45, 2.75) is 30.3 Å². The Morgan fingerprint density at radius 2 is 1.95 bits per heavy atom. The van der Waals surface area contributed by atoms with Gasteiger partial charge in [0, 0.05) is 18.3 Å². The van der Waals surface area contributed by atoms with Crippen molar-refractivity contribution in [2.24, 2.45) is 5.73 Å². The number of thioether (sulfide) groups is 1. The van der Waals surface area contributed by atoms with Crippen LogP contribution in [0.2, 0.25) is 0 Å². The molecule has 0 spiro atoms. The van der Waals surface area contributed by atoms with Crippen molar-refractivity contribution in [3.05, 3.63) is 58.0 Å². The lowest BCUT2D eigenvalue weighted by molar-refractivity contribution is 0.717. The number of hydrogen-bond donors (Lipinski definition) is 2. The molecule has 3 N–H and O–H groups in total. The van der Waals surface area contributed by atoms with E-state index >= 15 is 0 Å². The lowest BCUT2D eigenvalue weighted by Gasteiger charge is -2.20. The van der Waals surface area contributed by atoms with Crippen LogP contribution in [0, 0.1) is 6.92 Å². The third-order valence-corrected chi connectivity index (χ3v) is 4.16. The van der Waals surface area contributed by atoms with Gasteiger partial charge in [-0.05, 0) is 19.4 Å². The standard InChI is InChI=1S/C14H17N3OS/c1-9-3-5-11(6-4-9)13(10(2)15)19-14-16-8-7-12(18)17-14/h3-8,10,13H,15H2,1-2H3,(H,16,17,18). The molecule has 0 saturated carbocycles. The second kappa shape index (κ2) is 6.04. The van der Waals surface area contributed by atoms with Crippen molar-refractivity contribution < 1.29 is 0 Å². The van der Waals surface area contributed by atoms with Gasteiger partial charge in [0.25, 0.3) is 5.56 Å². The van der Waals surface area contributed by atoms with Crippen molar-refractivity contribution >= 4 is 11.8 Å². The van der Waals surface area contributed by atoms with Gasteiger partial charge in [0.05, 0.1) is 5.25 Å². The first-order chi connectivity index (χ1) is 9.06. The number of aromatic nitrogens is 2. The molecule has 1 aromatic heterocycles. The van der Waals surface area contributed by atoms with Gasteiger partial charge in [-0.25, -0.2) is 4.98 Å². The van der Waals surface area contributed by atoms with Crippen molar-refractivity contribution in [2.75, 3.05) is 0 Å². The number of rotatable bonds is 4. The minimum absolute atomic E-state index is 0.0433. The molecule has 0 fully saturated rings. The Kier molecular flexibility index (Phi) is 4.39. The maximum absolute atomic E-state index is 11.3. The summed E-state index contributed by atoms with van der Waals surface area (Å²) in [6.45, 7) is 4.01. The van der Waals surface area contributed by atoms with E-state index in [1.807, 2.05) is 13.8 Å². The smallest absolute Gasteiger partial charge is 0.251 e. The van der Waals surface area contributed by atoms with E-state index in [9.17, 15) is 4.79 Å². The lowest BCUT2D eigenvalue weighted by atomic mass is 10.1. The summed E-state index contributed by atoms with van der Waals surface area (Å²) in [4.78, 5) is 18.2. The molecule has 2 atom stereocenters. The largest absolute Gasteiger partial charge is 0.327 e. The second-order valence-electron chi connectivity index (χ2n) is 4.55. The number of aromatic amines is 1. The highest BCUT2D eigenvalue weighted by molar-refractivity contribution is 7.99. The predicted molar refractivity (Wildman–Crippen MR) is 78.3 cm³/mol. The summed E-state index contributed by atoms with van der Waals surface area (Å²) in [5, 5.41) is 0.654. The first kappa shape index (κ1) is 13.8. The Bertz CT molecular complexity index is 592. The Morgan fingerprint density at radius 3 is 2.53 bits per heavy atom. The molecular weight excluding hydrogens is 258 g/mol. The Hall–Kier alpha value is -1.59. The zero-order valence-electron chi connectivity index (χ0n) is 11.0. The third-order valence-electron chi connectivity index (χ3n) is 2.77. The molecule has 100 valence electrons. The number of nitrogens with zero attached hydrogens (tertiary/aromatic N) is 1. The normalized spacial score (nSPS) is 14.1. The van der Waals surface area contributed by atoms with Crippen LogP contribution in [-0.2, 0) is 0 Å². The highest BCUT2D eigenvalue weighted by Crippen LogP contribution is 2.34. The van der Waals surface area contributed by atoms with Gasteiger partial charge >= 0.3 is 0 Å². The SMILES string of the molecule is Cc1ccc(C(Sc2nccc(=O)[nH]2)C(C)N)cc1. The van der Waals surface area contributed by atoms with Crippen LogP contribution in [0.1, 0.15) is 23.3 Å². The van der Waals surface area contributed by atoms with E-state index in [1.165, 1.54) is 29.6 Å². The molecule has 0 radical (unpaired) electrons. The minimum Gasteiger partial charge on any atom is -0.327 e. The first-order valence-corrected chi connectivity index (χ1v) is 6.98. The molecule has 1 heterocycles. The molecule has 2 rings (SSSR count). The summed E-state index contributed by atoms with van der Waals surface area (Å²) in [5.41, 5.74) is 8.25. The zero-order chi connectivity index (χ0) is 13.8. The zero-order valence-corrected chi connectivity index (χ0v) is 11.8. The van der Waals surface area contributed by atoms with E-state index in [0.29, 0.717) is 5.16 Å². The average Bonchev–Trinajstić information content (AvgIpc) is 2.37. The maximum atomic E-state index is 11.3. The number of nitrogens with two attached hydrogens (primary N) is 1. The van der Waals surface area contributed by atoms with Gasteiger partial charge in [-0.3, -0.25) is 4.79 Å². The summed E-state index contributed by atoms with van der Waals surface area (Å²) < 4.78 is 0. The summed E-state index contributed by atoms with van der Waals surface area (Å²) in [6, 6.07) is 9.61. The lowest BCUT2D eigenvalue weighted by Crippen LogP contribution is -2.23. The topological polar surface area (TPSA) is 71.8 Å². The molecule has 5 heteroatoms. The summed E-state index contributed by atoms with van der Waals surface area (Å²) in [6.07, 6.45) is 1.51. The number of aryl methyl sites for hydroxylation is 1. The highest BCUT2D eigenvalue weighted by Gasteiger charge is 2.18. The average molecular weight is 275 g/mol. The first-order valence-electron chi connectivity index (χ1n) is 6.10. The summed E-state index contributed by atoms with van der Waals surface area (Å²) in [5.74, 6) is 0. The number of hydrogen-bond acceptors (Lipinski definition) is 4. The van der Waals surface area contributed by atoms with Gasteiger partial charge in [0.2, 0.25) is 0 Å². The van der Waals surface area contributed by atoms with Crippen LogP contribution in [0.5, 0.6) is 0 Å². The highest BCUT2D eigenvalue weighted by atomic mass is 32.2. The van der Waals surface area contributed by atoms with Crippen LogP contribution in [0.15, 0.2) is 46.5 Å². The van der Waals surface area contributed by atoms with Crippen molar-refractivity contribution in [3.8, 4) is 0 Å². The monoisotopic (exact) mass is 275 g/mol. The van der Waals surface area contributed by atoms with Crippen molar-refractivity contribution in [1.29, 1.82) is 0 Å². The Morgan fingerprint density at radius 1 is 1.26 bits per heavy atom. The fourth-order valence-electron chi connectivity index (χ4n) is 1.77. The van der Waals surface area contributed by atoms with Gasteiger partial charge in [-0.15, -0.1) is 0 Å². The fraction of sp³-hybridized carbons (Fsp3) is 0.286. The Labute approximate surface area is 116 Å². The van der Waals surface area contributed by atoms with Crippen LogP contribution in [0.25, 0.3) is 0 Å². The second-order valence-corrected chi connectivity index (χ2v) is 5.68. The van der Waals surface area contributed by atoms with E-state index in [2.05, 4.69) is 34.2 Å². The summed E-state index contributed by atoms with van der Waals surface area (Å²) in [7, 11) is 0. The van der Waals surface area contributed by atoms with Gasteiger partial charge < -0.3 is 10.7 Å². The molecule has 0 amide bonds. The van der Waals surface area contributed by atoms with E-state index in [-0.39, 0.29) is 16.9 Å². The van der Waals surface area contributed by atoms with Gasteiger partial charge in [-0.2, -0.15) is 0 Å². The predicted octanol–water partition coefficient (Wildman–Crippen LogP) is 2.26. The summed E-state index contributed by atoms with van der Waals surface area (Å²) >= 11 is 1.48. The van der Waals surface area contributed by atoms with Gasteiger partial charge in [0.1, 0.15) is 0 Å². The molecule has 0 aliphatic rings. The van der Waals surface area contributed by atoms with Crippen molar-refractivity contribution in [1.82, 2.24) is 9.97 Å². The molecule has 0 aliphatic carbocycles. The van der Waals surface area contributed by atoms with Crippen LogP contribution < -0.4 is 11.3 Å². The van der Waals surface area contributed by atoms with E-state index in [4.69, 9.17) is 5.73 Å². The van der Waals surface area contributed by atoms with E-state index in [0.717, 1.165) is 5.56 Å². The number of H-pyrrole nitrogens is 1. The molecule has 4 nitrogen and oxygen atoms in total. The van der Waals surface area contributed by atoms with Crippen LogP contribution in [-0.4, -0.2) is 16.0 Å². The Balaban J connectivity index is 2.26. The molecule has 1 aromatic carbocycles. The fourth-order valence-corrected chi connectivity index (χ4v) is 2.80. The van der Waals surface area contributed by atoms with Crippen molar-refractivity contribution in [3.63, 3.8) is 0 Å². The van der Waals surface area contributed by atoms with E-state index < -0.39 is 0 Å². The van der Waals surface area contributed by atoms with Crippen LogP contribution >= 0.6 is 11.8 Å². The molecular formula is C14H17N3OS. The van der Waals surface area contributed by atoms with Gasteiger partial charge in [0.15, 0.2) is 5.16 Å². The third kappa shape index (κ3) is 3.68. The number of benzene rings is 1. The molecule has 19 heavy (non-hydrogen) atoms. The van der Waals surface area contributed by atoms with Crippen LogP contribution in [0.4, 0.5) is 0 Å². The molecule has 2 unspecified atom stereocenters. The van der Waals surface area contributed by atoms with Crippen LogP contribution in [0.3, 0.4) is 0 Å². The minimum atomic E-state index is -0.148. The van der Waals surface area contributed by atoms with E-state index in [1.54, 1.807) is 0 Å². The molecule has 2 aromatic rings. The molecule has 0 bridgehead atoms. The molecule has 0 saturated heterocycles. The maximum Gasteiger partial charge on any atom is 0.251 e. The quantitative estimate of drug-likeness (QED) is 0.663.